The van der Waals surface area contributed by atoms with E-state index < -0.39 is 5.41 Å². The lowest BCUT2D eigenvalue weighted by molar-refractivity contribution is -0.112. The summed E-state index contributed by atoms with van der Waals surface area (Å²) in [6.07, 6.45) is 2.92. The Morgan fingerprint density at radius 2 is 1.89 bits per heavy atom. The van der Waals surface area contributed by atoms with Crippen LogP contribution in [0.4, 0.5) is 0 Å². The summed E-state index contributed by atoms with van der Waals surface area (Å²) in [5.74, 6) is -0.870. The second kappa shape index (κ2) is 5.08. The Balaban J connectivity index is 2.58. The van der Waals surface area contributed by atoms with Crippen molar-refractivity contribution in [2.75, 3.05) is 0 Å². The Kier molecular flexibility index (Phi) is 3.49. The molecule has 1 fully saturated rings. The Bertz CT molecular complexity index is 551. The molecule has 1 aromatic carbocycles. The van der Waals surface area contributed by atoms with Crippen molar-refractivity contribution in [3.05, 3.63) is 48.6 Å². The van der Waals surface area contributed by atoms with E-state index in [1.807, 2.05) is 30.3 Å². The van der Waals surface area contributed by atoms with Crippen molar-refractivity contribution >= 4 is 6.29 Å². The number of nitrogens with zero attached hydrogens (tertiary/aromatic N) is 2. The third kappa shape index (κ3) is 1.94. The first-order chi connectivity index (χ1) is 9.22. The average Bonchev–Trinajstić information content (AvgIpc) is 2.82. The number of carbonyl (C=O) groups is 1. The van der Waals surface area contributed by atoms with E-state index in [4.69, 9.17) is 0 Å². The van der Waals surface area contributed by atoms with E-state index in [1.54, 1.807) is 6.08 Å². The second-order valence-electron chi connectivity index (χ2n) is 4.90. The van der Waals surface area contributed by atoms with Crippen molar-refractivity contribution in [3.63, 3.8) is 0 Å². The highest BCUT2D eigenvalue weighted by atomic mass is 16.1. The van der Waals surface area contributed by atoms with Gasteiger partial charge in [0.05, 0.1) is 12.1 Å². The van der Waals surface area contributed by atoms with Crippen LogP contribution in [-0.2, 0) is 4.79 Å². The third-order valence-electron chi connectivity index (χ3n) is 3.99. The van der Waals surface area contributed by atoms with Gasteiger partial charge in [-0.15, -0.1) is 6.58 Å². The molecule has 0 aromatic heterocycles. The van der Waals surface area contributed by atoms with Crippen molar-refractivity contribution in [2.45, 2.75) is 12.3 Å². The molecular weight excluding hydrogens is 236 g/mol. The van der Waals surface area contributed by atoms with Gasteiger partial charge in [0.1, 0.15) is 6.29 Å². The highest BCUT2D eigenvalue weighted by Gasteiger charge is 2.54. The largest absolute Gasteiger partial charge is 0.303 e. The van der Waals surface area contributed by atoms with E-state index in [-0.39, 0.29) is 17.8 Å². The molecule has 0 radical (unpaired) electrons. The number of benzene rings is 1. The van der Waals surface area contributed by atoms with Crippen LogP contribution in [0.25, 0.3) is 0 Å². The van der Waals surface area contributed by atoms with E-state index in [0.717, 1.165) is 11.8 Å². The Morgan fingerprint density at radius 3 is 2.37 bits per heavy atom. The van der Waals surface area contributed by atoms with Crippen LogP contribution >= 0.6 is 0 Å². The van der Waals surface area contributed by atoms with Crippen molar-refractivity contribution in [3.8, 4) is 12.1 Å². The summed E-state index contributed by atoms with van der Waals surface area (Å²) in [6.45, 7) is 3.73. The SMILES string of the molecule is C=C[C@H]1CC(C#N)(C#N)[C@H](c2ccccc2)[C@H]1C=O. The topological polar surface area (TPSA) is 64.7 Å². The van der Waals surface area contributed by atoms with Crippen molar-refractivity contribution in [1.29, 1.82) is 10.5 Å². The second-order valence-corrected chi connectivity index (χ2v) is 4.90. The molecule has 1 saturated carbocycles. The molecule has 0 saturated heterocycles. The molecule has 0 bridgehead atoms. The minimum atomic E-state index is -1.15. The van der Waals surface area contributed by atoms with Gasteiger partial charge in [-0.25, -0.2) is 0 Å². The summed E-state index contributed by atoms with van der Waals surface area (Å²) in [4.78, 5) is 11.4. The van der Waals surface area contributed by atoms with Crippen LogP contribution in [0.15, 0.2) is 43.0 Å². The molecule has 0 N–H and O–H groups in total. The van der Waals surface area contributed by atoms with Crippen LogP contribution in [0.2, 0.25) is 0 Å². The molecular formula is C16H14N2O. The van der Waals surface area contributed by atoms with Crippen LogP contribution in [0.5, 0.6) is 0 Å². The lowest BCUT2D eigenvalue weighted by Gasteiger charge is -2.24. The van der Waals surface area contributed by atoms with Gasteiger partial charge in [-0.05, 0) is 17.9 Å². The average molecular weight is 250 g/mol. The molecule has 3 atom stereocenters. The van der Waals surface area contributed by atoms with Crippen molar-refractivity contribution < 1.29 is 4.79 Å². The monoisotopic (exact) mass is 250 g/mol. The minimum absolute atomic E-state index is 0.123. The zero-order valence-electron chi connectivity index (χ0n) is 10.5. The lowest BCUT2D eigenvalue weighted by Crippen LogP contribution is -2.24. The third-order valence-corrected chi connectivity index (χ3v) is 3.99. The first-order valence-corrected chi connectivity index (χ1v) is 6.17. The number of nitriles is 2. The van der Waals surface area contributed by atoms with Gasteiger partial charge in [0, 0.05) is 11.8 Å². The molecule has 0 heterocycles. The molecule has 19 heavy (non-hydrogen) atoms. The molecule has 0 amide bonds. The van der Waals surface area contributed by atoms with E-state index in [2.05, 4.69) is 18.7 Å². The van der Waals surface area contributed by atoms with Crippen molar-refractivity contribution in [2.24, 2.45) is 17.3 Å². The van der Waals surface area contributed by atoms with E-state index in [9.17, 15) is 15.3 Å². The zero-order valence-corrected chi connectivity index (χ0v) is 10.5. The summed E-state index contributed by atoms with van der Waals surface area (Å²) in [5.41, 5.74) is -0.279. The fourth-order valence-corrected chi connectivity index (χ4v) is 3.05. The molecule has 0 unspecified atom stereocenters. The highest BCUT2D eigenvalue weighted by molar-refractivity contribution is 5.60. The van der Waals surface area contributed by atoms with Gasteiger partial charge in [0.25, 0.3) is 0 Å². The normalized spacial score (nSPS) is 28.0. The molecule has 2 rings (SSSR count). The van der Waals surface area contributed by atoms with Crippen LogP contribution in [0.3, 0.4) is 0 Å². The highest BCUT2D eigenvalue weighted by Crippen LogP contribution is 2.54. The Labute approximate surface area is 112 Å². The fourth-order valence-electron chi connectivity index (χ4n) is 3.05. The van der Waals surface area contributed by atoms with Gasteiger partial charge in [0.15, 0.2) is 5.41 Å². The van der Waals surface area contributed by atoms with Crippen LogP contribution in [0.1, 0.15) is 17.9 Å². The van der Waals surface area contributed by atoms with Crippen LogP contribution < -0.4 is 0 Å². The quantitative estimate of drug-likeness (QED) is 0.612. The molecule has 1 aliphatic rings. The maximum absolute atomic E-state index is 11.4. The van der Waals surface area contributed by atoms with E-state index >= 15 is 0 Å². The van der Waals surface area contributed by atoms with Crippen LogP contribution in [-0.4, -0.2) is 6.29 Å². The maximum atomic E-state index is 11.4. The fraction of sp³-hybridized carbons (Fsp3) is 0.312. The number of hydrogen-bond acceptors (Lipinski definition) is 3. The van der Waals surface area contributed by atoms with E-state index in [1.165, 1.54) is 0 Å². The van der Waals surface area contributed by atoms with Gasteiger partial charge in [0.2, 0.25) is 0 Å². The van der Waals surface area contributed by atoms with Gasteiger partial charge in [-0.2, -0.15) is 10.5 Å². The first-order valence-electron chi connectivity index (χ1n) is 6.17. The molecule has 1 aliphatic carbocycles. The first kappa shape index (κ1) is 13.1. The number of allylic oxidation sites excluding steroid dienone is 1. The predicted molar refractivity (Wildman–Crippen MR) is 70.7 cm³/mol. The molecule has 3 nitrogen and oxygen atoms in total. The molecule has 0 spiro atoms. The number of hydrogen-bond donors (Lipinski definition) is 0. The van der Waals surface area contributed by atoms with Gasteiger partial charge >= 0.3 is 0 Å². The Hall–Kier alpha value is -2.39. The predicted octanol–water partition coefficient (Wildman–Crippen LogP) is 2.82. The van der Waals surface area contributed by atoms with Crippen molar-refractivity contribution in [1.82, 2.24) is 0 Å². The van der Waals surface area contributed by atoms with Gasteiger partial charge in [-0.3, -0.25) is 0 Å². The summed E-state index contributed by atoms with van der Waals surface area (Å²) in [7, 11) is 0. The summed E-state index contributed by atoms with van der Waals surface area (Å²) in [5, 5.41) is 18.9. The Morgan fingerprint density at radius 1 is 1.26 bits per heavy atom. The minimum Gasteiger partial charge on any atom is -0.303 e. The summed E-state index contributed by atoms with van der Waals surface area (Å²) in [6, 6.07) is 13.6. The number of rotatable bonds is 3. The van der Waals surface area contributed by atoms with E-state index in [0.29, 0.717) is 6.42 Å². The van der Waals surface area contributed by atoms with Crippen LogP contribution in [0, 0.1) is 39.9 Å². The molecule has 94 valence electrons. The smallest absolute Gasteiger partial charge is 0.151 e. The number of carbonyl (C=O) groups excluding carboxylic acids is 1. The maximum Gasteiger partial charge on any atom is 0.151 e. The molecule has 0 aliphatic heterocycles. The summed E-state index contributed by atoms with van der Waals surface area (Å²) >= 11 is 0. The molecule has 1 aromatic rings. The standard InChI is InChI=1S/C16H14N2O/c1-2-12-8-16(10-17,11-18)15(14(12)9-19)13-6-4-3-5-7-13/h2-7,9,12,14-15H,1,8H2/t12-,14-,15+/m0/s1. The lowest BCUT2D eigenvalue weighted by atomic mass is 9.74. The zero-order chi connectivity index (χ0) is 13.9. The van der Waals surface area contributed by atoms with Gasteiger partial charge < -0.3 is 4.79 Å². The summed E-state index contributed by atoms with van der Waals surface area (Å²) < 4.78 is 0. The molecule has 3 heteroatoms. The number of aldehydes is 1. The van der Waals surface area contributed by atoms with Gasteiger partial charge in [-0.1, -0.05) is 36.4 Å².